The second-order valence-corrected chi connectivity index (χ2v) is 8.13. The molecule has 1 aliphatic rings. The van der Waals surface area contributed by atoms with Crippen LogP contribution in [0.3, 0.4) is 0 Å². The van der Waals surface area contributed by atoms with Crippen LogP contribution in [-0.2, 0) is 14.8 Å². The van der Waals surface area contributed by atoms with Gasteiger partial charge in [0.05, 0.1) is 4.92 Å². The molecule has 0 aromatic carbocycles. The highest BCUT2D eigenvalue weighted by molar-refractivity contribution is 7.91. The van der Waals surface area contributed by atoms with Gasteiger partial charge in [0, 0.05) is 19.0 Å². The Balaban J connectivity index is 2.38. The maximum atomic E-state index is 12.3. The molecule has 1 aromatic heterocycles. The van der Waals surface area contributed by atoms with Gasteiger partial charge in [-0.3, -0.25) is 14.9 Å². The molecule has 2 heterocycles. The summed E-state index contributed by atoms with van der Waals surface area (Å²) in [5.74, 6) is -0.494. The average Bonchev–Trinajstić information content (AvgIpc) is 2.93. The van der Waals surface area contributed by atoms with Crippen LogP contribution < -0.4 is 0 Å². The van der Waals surface area contributed by atoms with Crippen LogP contribution in [0.2, 0.25) is 4.34 Å². The molecule has 1 saturated heterocycles. The van der Waals surface area contributed by atoms with Gasteiger partial charge in [-0.25, -0.2) is 12.7 Å². The van der Waals surface area contributed by atoms with Crippen molar-refractivity contribution in [1.29, 1.82) is 0 Å². The Labute approximate surface area is 124 Å². The Kier molecular flexibility index (Phi) is 4.03. The van der Waals surface area contributed by atoms with Crippen LogP contribution in [0.25, 0.3) is 0 Å². The van der Waals surface area contributed by atoms with E-state index in [1.807, 2.05) is 6.92 Å². The standard InChI is InChI=1S/C10H11ClN2O5S2/c1-2-6-3-8(14)12(5-6)20(17,18)9-4-7(13(15)16)10(11)19-9/h4,6H,2-3,5H2,1H3. The predicted octanol–water partition coefficient (Wildman–Crippen LogP) is 2.26. The van der Waals surface area contributed by atoms with Gasteiger partial charge >= 0.3 is 0 Å². The van der Waals surface area contributed by atoms with E-state index in [-0.39, 0.29) is 27.4 Å². The van der Waals surface area contributed by atoms with Crippen LogP contribution in [-0.4, -0.2) is 30.1 Å². The zero-order chi connectivity index (χ0) is 15.1. The Bertz CT molecular complexity index is 669. The third-order valence-corrected chi connectivity index (χ3v) is 6.70. The summed E-state index contributed by atoms with van der Waals surface area (Å²) in [5.41, 5.74) is -0.464. The Morgan fingerprint density at radius 3 is 2.70 bits per heavy atom. The van der Waals surface area contributed by atoms with Gasteiger partial charge in [-0.1, -0.05) is 24.9 Å². The lowest BCUT2D eigenvalue weighted by atomic mass is 10.1. The van der Waals surface area contributed by atoms with Crippen LogP contribution in [0.1, 0.15) is 19.8 Å². The first-order valence-corrected chi connectivity index (χ1v) is 8.40. The molecule has 10 heteroatoms. The summed E-state index contributed by atoms with van der Waals surface area (Å²) < 4.78 is 24.9. The monoisotopic (exact) mass is 338 g/mol. The average molecular weight is 339 g/mol. The first-order chi connectivity index (χ1) is 9.27. The molecule has 1 aliphatic heterocycles. The summed E-state index contributed by atoms with van der Waals surface area (Å²) in [4.78, 5) is 21.7. The molecule has 0 bridgehead atoms. The quantitative estimate of drug-likeness (QED) is 0.619. The lowest BCUT2D eigenvalue weighted by Crippen LogP contribution is -2.31. The number of carbonyl (C=O) groups is 1. The number of carbonyl (C=O) groups excluding carboxylic acids is 1. The molecule has 0 aliphatic carbocycles. The lowest BCUT2D eigenvalue weighted by molar-refractivity contribution is -0.384. The van der Waals surface area contributed by atoms with Crippen LogP contribution in [0.4, 0.5) is 5.69 Å². The molecule has 1 atom stereocenters. The van der Waals surface area contributed by atoms with E-state index in [4.69, 9.17) is 11.6 Å². The first-order valence-electron chi connectivity index (χ1n) is 5.76. The third kappa shape index (κ3) is 2.52. The number of hydrogen-bond acceptors (Lipinski definition) is 6. The van der Waals surface area contributed by atoms with Gasteiger partial charge in [0.1, 0.15) is 4.21 Å². The zero-order valence-corrected chi connectivity index (χ0v) is 12.8. The van der Waals surface area contributed by atoms with E-state index in [9.17, 15) is 23.3 Å². The van der Waals surface area contributed by atoms with Crippen molar-refractivity contribution in [2.75, 3.05) is 6.54 Å². The van der Waals surface area contributed by atoms with Crippen LogP contribution in [0.5, 0.6) is 0 Å². The minimum Gasteiger partial charge on any atom is -0.274 e. The molecular weight excluding hydrogens is 328 g/mol. The summed E-state index contributed by atoms with van der Waals surface area (Å²) in [5, 5.41) is 10.7. The largest absolute Gasteiger partial charge is 0.300 e. The Morgan fingerprint density at radius 1 is 1.60 bits per heavy atom. The molecule has 0 N–H and O–H groups in total. The van der Waals surface area contributed by atoms with E-state index < -0.39 is 26.5 Å². The molecule has 1 fully saturated rings. The van der Waals surface area contributed by atoms with Crippen molar-refractivity contribution < 1.29 is 18.1 Å². The van der Waals surface area contributed by atoms with E-state index in [0.29, 0.717) is 17.8 Å². The zero-order valence-electron chi connectivity index (χ0n) is 10.4. The van der Waals surface area contributed by atoms with Gasteiger partial charge in [0.25, 0.3) is 15.7 Å². The molecule has 1 aromatic rings. The Morgan fingerprint density at radius 2 is 2.25 bits per heavy atom. The first kappa shape index (κ1) is 15.2. The number of sulfonamides is 1. The number of amides is 1. The summed E-state index contributed by atoms with van der Waals surface area (Å²) in [6.45, 7) is 1.99. The van der Waals surface area contributed by atoms with Crippen LogP contribution in [0.15, 0.2) is 10.3 Å². The van der Waals surface area contributed by atoms with Gasteiger partial charge in [0.2, 0.25) is 5.91 Å². The van der Waals surface area contributed by atoms with Gasteiger partial charge < -0.3 is 0 Å². The van der Waals surface area contributed by atoms with Gasteiger partial charge in [-0.05, 0) is 5.92 Å². The number of nitrogens with zero attached hydrogens (tertiary/aromatic N) is 2. The van der Waals surface area contributed by atoms with Crippen molar-refractivity contribution in [3.63, 3.8) is 0 Å². The maximum absolute atomic E-state index is 12.3. The summed E-state index contributed by atoms with van der Waals surface area (Å²) in [7, 11) is -4.05. The second kappa shape index (κ2) is 5.30. The van der Waals surface area contributed by atoms with E-state index in [2.05, 4.69) is 0 Å². The molecule has 0 saturated carbocycles. The number of nitro groups is 1. The lowest BCUT2D eigenvalue weighted by Gasteiger charge is -2.15. The van der Waals surface area contributed by atoms with Crippen LogP contribution >= 0.6 is 22.9 Å². The molecule has 0 spiro atoms. The SMILES string of the molecule is CCC1CC(=O)N(S(=O)(=O)c2cc([N+](=O)[O-])c(Cl)s2)C1. The topological polar surface area (TPSA) is 97.6 Å². The highest BCUT2D eigenvalue weighted by Crippen LogP contribution is 2.38. The second-order valence-electron chi connectivity index (χ2n) is 4.39. The number of hydrogen-bond donors (Lipinski definition) is 0. The Hall–Kier alpha value is -1.19. The normalized spacial score (nSPS) is 19.6. The molecule has 20 heavy (non-hydrogen) atoms. The fraction of sp³-hybridized carbons (Fsp3) is 0.500. The van der Waals surface area contributed by atoms with Gasteiger partial charge in [-0.2, -0.15) is 0 Å². The van der Waals surface area contributed by atoms with Crippen LogP contribution in [0, 0.1) is 16.0 Å². The van der Waals surface area contributed by atoms with Gasteiger partial charge in [-0.15, -0.1) is 11.3 Å². The minimum atomic E-state index is -4.05. The molecule has 7 nitrogen and oxygen atoms in total. The smallest absolute Gasteiger partial charge is 0.274 e. The highest BCUT2D eigenvalue weighted by atomic mass is 35.5. The van der Waals surface area contributed by atoms with E-state index in [1.54, 1.807) is 0 Å². The number of thiophene rings is 1. The summed E-state index contributed by atoms with van der Waals surface area (Å²) in [6, 6.07) is 0.898. The molecule has 110 valence electrons. The maximum Gasteiger partial charge on any atom is 0.300 e. The molecular formula is C10H11ClN2O5S2. The summed E-state index contributed by atoms with van der Waals surface area (Å²) >= 11 is 6.24. The number of halogens is 1. The van der Waals surface area contributed by atoms with Crippen molar-refractivity contribution >= 4 is 44.6 Å². The van der Waals surface area contributed by atoms with Crippen molar-refractivity contribution in [1.82, 2.24) is 4.31 Å². The highest BCUT2D eigenvalue weighted by Gasteiger charge is 2.39. The third-order valence-electron chi connectivity index (χ3n) is 3.13. The molecule has 1 unspecified atom stereocenters. The minimum absolute atomic E-state index is 0.0114. The van der Waals surface area contributed by atoms with Crippen molar-refractivity contribution in [2.24, 2.45) is 5.92 Å². The molecule has 0 radical (unpaired) electrons. The summed E-state index contributed by atoms with van der Waals surface area (Å²) in [6.07, 6.45) is 0.875. The fourth-order valence-electron chi connectivity index (χ4n) is 1.95. The van der Waals surface area contributed by atoms with Crippen molar-refractivity contribution in [3.05, 3.63) is 20.5 Å². The van der Waals surface area contributed by atoms with Gasteiger partial charge in [0.15, 0.2) is 4.34 Å². The fourth-order valence-corrected chi connectivity index (χ4v) is 5.22. The van der Waals surface area contributed by atoms with E-state index >= 15 is 0 Å². The predicted molar refractivity (Wildman–Crippen MR) is 73.3 cm³/mol. The van der Waals surface area contributed by atoms with E-state index in [1.165, 1.54) is 0 Å². The molecule has 2 rings (SSSR count). The number of rotatable bonds is 4. The van der Waals surface area contributed by atoms with Crippen molar-refractivity contribution in [2.45, 2.75) is 24.0 Å². The van der Waals surface area contributed by atoms with Crippen molar-refractivity contribution in [3.8, 4) is 0 Å². The molecule has 1 amide bonds. The van der Waals surface area contributed by atoms with E-state index in [0.717, 1.165) is 10.4 Å².